The summed E-state index contributed by atoms with van der Waals surface area (Å²) >= 11 is 0.276. The number of benzene rings is 2. The molecule has 16 heavy (non-hydrogen) atoms. The third kappa shape index (κ3) is 2.75. The molecular weight excluding hydrogens is 423 g/mol. The Bertz CT molecular complexity index is 468. The summed E-state index contributed by atoms with van der Waals surface area (Å²) in [5, 5.41) is 0. The molecule has 0 aliphatic carbocycles. The van der Waals surface area contributed by atoms with Gasteiger partial charge < -0.3 is 0 Å². The van der Waals surface area contributed by atoms with Gasteiger partial charge in [-0.3, -0.25) is 0 Å². The first-order chi connectivity index (χ1) is 7.60. The summed E-state index contributed by atoms with van der Waals surface area (Å²) in [6, 6.07) is 17.9. The van der Waals surface area contributed by atoms with Gasteiger partial charge >= 0.3 is 116 Å². The van der Waals surface area contributed by atoms with Gasteiger partial charge in [0, 0.05) is 0 Å². The fourth-order valence-electron chi connectivity index (χ4n) is 1.33. The van der Waals surface area contributed by atoms with Crippen LogP contribution in [0.3, 0.4) is 0 Å². The van der Waals surface area contributed by atoms with Gasteiger partial charge in [-0.2, -0.15) is 0 Å². The Kier molecular flexibility index (Phi) is 4.21. The number of hydrogen-bond acceptors (Lipinski definition) is 0. The zero-order chi connectivity index (χ0) is 11.6. The summed E-state index contributed by atoms with van der Waals surface area (Å²) in [5.74, 6) is 0. The monoisotopic (exact) mass is 432 g/mol. The fraction of sp³-hybridized carbons (Fsp3) is 0. The van der Waals surface area contributed by atoms with Gasteiger partial charge in [-0.25, -0.2) is 0 Å². The molecule has 2 aromatic carbocycles. The van der Waals surface area contributed by atoms with Crippen molar-refractivity contribution in [1.82, 2.24) is 0 Å². The summed E-state index contributed by atoms with van der Waals surface area (Å²) in [6.45, 7) is 0. The van der Waals surface area contributed by atoms with Gasteiger partial charge in [0.2, 0.25) is 0 Å². The van der Waals surface area contributed by atoms with Crippen molar-refractivity contribution in [2.24, 2.45) is 0 Å². The molecule has 0 radical (unpaired) electrons. The van der Waals surface area contributed by atoms with E-state index in [0.717, 1.165) is 11.7 Å². The topological polar surface area (TPSA) is 0 Å². The molecule has 0 spiro atoms. The van der Waals surface area contributed by atoms with Crippen LogP contribution >= 0.6 is 33.9 Å². The van der Waals surface area contributed by atoms with E-state index in [4.69, 9.17) is 17.9 Å². The molecule has 0 aliphatic rings. The molecule has 4 heteroatoms. The summed E-state index contributed by atoms with van der Waals surface area (Å²) in [6.07, 6.45) is 0. The Morgan fingerprint density at radius 1 is 0.750 bits per heavy atom. The molecule has 0 aromatic heterocycles. The molecule has 0 aliphatic heterocycles. The van der Waals surface area contributed by atoms with Crippen molar-refractivity contribution < 1.29 is 0 Å². The van der Waals surface area contributed by atoms with Gasteiger partial charge in [0.15, 0.2) is 0 Å². The maximum absolute atomic E-state index is 6.58. The van der Waals surface area contributed by atoms with Crippen LogP contribution in [0.4, 0.5) is 0 Å². The molecule has 2 aromatic rings. The van der Waals surface area contributed by atoms with E-state index in [1.54, 1.807) is 0 Å². The summed E-state index contributed by atoms with van der Waals surface area (Å²) in [4.78, 5) is 0. The predicted octanol–water partition coefficient (Wildman–Crippen LogP) is 3.48. The molecule has 0 N–H and O–H groups in total. The second kappa shape index (κ2) is 5.29. The van der Waals surface area contributed by atoms with E-state index >= 15 is 0 Å². The van der Waals surface area contributed by atoms with Gasteiger partial charge in [-0.1, -0.05) is 0 Å². The van der Waals surface area contributed by atoms with Gasteiger partial charge in [0.05, 0.1) is 0 Å². The molecule has 0 nitrogen and oxygen atoms in total. The Morgan fingerprint density at radius 3 is 1.81 bits per heavy atom. The average molecular weight is 432 g/mol. The van der Waals surface area contributed by atoms with Gasteiger partial charge in [0.25, 0.3) is 0 Å². The molecule has 84 valence electrons. The summed E-state index contributed by atoms with van der Waals surface area (Å²) < 4.78 is 3.16. The molecule has 0 unspecified atom stereocenters. The second-order valence-electron chi connectivity index (χ2n) is 3.24. The molecule has 2 rings (SSSR count). The third-order valence-electron chi connectivity index (χ3n) is 2.15. The first-order valence-electron chi connectivity index (χ1n) is 4.64. The van der Waals surface area contributed by atoms with Crippen LogP contribution in [0.2, 0.25) is 0 Å². The minimum absolute atomic E-state index is 1.04. The van der Waals surface area contributed by atoms with E-state index in [1.807, 2.05) is 54.6 Å². The zero-order valence-corrected chi connectivity index (χ0v) is 13.7. The molecule has 0 fully saturated rings. The summed E-state index contributed by atoms with van der Waals surface area (Å²) in [7, 11) is 13.2. The Labute approximate surface area is 115 Å². The van der Waals surface area contributed by atoms with Crippen LogP contribution < -0.4 is 7.22 Å². The van der Waals surface area contributed by atoms with E-state index in [0.29, 0.717) is 0 Å². The average Bonchev–Trinajstić information content (AvgIpc) is 2.31. The van der Waals surface area contributed by atoms with E-state index in [1.165, 1.54) is 0 Å². The Balaban J connectivity index is 2.43. The van der Waals surface area contributed by atoms with Crippen molar-refractivity contribution in [1.29, 1.82) is 0 Å². The van der Waals surface area contributed by atoms with Crippen LogP contribution in [-0.2, 0) is 0 Å². The van der Waals surface area contributed by atoms with E-state index < -0.39 is 15.9 Å². The normalized spacial score (nSPS) is 12.4. The van der Waals surface area contributed by atoms with Crippen LogP contribution in [0, 0.1) is 0 Å². The number of halogens is 3. The Hall–Kier alpha value is 0.290. The fourth-order valence-corrected chi connectivity index (χ4v) is 7.92. The van der Waals surface area contributed by atoms with Crippen LogP contribution in [-0.4, -0.2) is 15.9 Å². The molecule has 0 amide bonds. The van der Waals surface area contributed by atoms with Crippen molar-refractivity contribution in [3.63, 3.8) is 0 Å². The van der Waals surface area contributed by atoms with Gasteiger partial charge in [-0.05, 0) is 0 Å². The molecule has 0 bridgehead atoms. The second-order valence-corrected chi connectivity index (χ2v) is 16.8. The number of hydrogen-bond donors (Lipinski definition) is 0. The molecule has 0 saturated carbocycles. The van der Waals surface area contributed by atoms with Gasteiger partial charge in [0.1, 0.15) is 0 Å². The Morgan fingerprint density at radius 2 is 1.25 bits per heavy atom. The van der Waals surface area contributed by atoms with Crippen LogP contribution in [0.5, 0.6) is 0 Å². The molecule has 0 heterocycles. The maximum atomic E-state index is 6.58. The summed E-state index contributed by atoms with van der Waals surface area (Å²) in [5.41, 5.74) is 0. The van der Waals surface area contributed by atoms with Crippen molar-refractivity contribution >= 4 is 57.0 Å². The SMILES string of the molecule is Cl[Te](Cl)(c1ccccc1)c1ccc(Br)cc1. The zero-order valence-electron chi connectivity index (χ0n) is 8.24. The number of rotatable bonds is 2. The van der Waals surface area contributed by atoms with Crippen LogP contribution in [0.15, 0.2) is 59.1 Å². The third-order valence-corrected chi connectivity index (χ3v) is 12.4. The van der Waals surface area contributed by atoms with Crippen molar-refractivity contribution in [3.8, 4) is 0 Å². The molecule has 0 atom stereocenters. The van der Waals surface area contributed by atoms with E-state index in [-0.39, 0.29) is 0 Å². The minimum atomic E-state index is -3.13. The first kappa shape index (κ1) is 12.7. The van der Waals surface area contributed by atoms with Crippen LogP contribution in [0.1, 0.15) is 0 Å². The van der Waals surface area contributed by atoms with Crippen molar-refractivity contribution in [2.75, 3.05) is 0 Å². The molecule has 0 saturated heterocycles. The van der Waals surface area contributed by atoms with Crippen molar-refractivity contribution in [3.05, 3.63) is 59.1 Å². The van der Waals surface area contributed by atoms with Crippen LogP contribution in [0.25, 0.3) is 0 Å². The first-order valence-corrected chi connectivity index (χ1v) is 13.7. The van der Waals surface area contributed by atoms with E-state index in [9.17, 15) is 0 Å². The molecular formula is C12H9BrCl2Te. The van der Waals surface area contributed by atoms with E-state index in [2.05, 4.69) is 15.9 Å². The standard InChI is InChI=1S/C12H9BrCl2Te/c13-10-6-8-12(9-7-10)16(14,15)11-4-2-1-3-5-11/h1-9H. The van der Waals surface area contributed by atoms with Gasteiger partial charge in [-0.15, -0.1) is 0 Å². The predicted molar refractivity (Wildman–Crippen MR) is 77.3 cm³/mol. The quantitative estimate of drug-likeness (QED) is 0.639. The van der Waals surface area contributed by atoms with Crippen molar-refractivity contribution in [2.45, 2.75) is 0 Å².